The molecular weight excluding hydrogens is 430 g/mol. The van der Waals surface area contributed by atoms with Gasteiger partial charge in [-0.2, -0.15) is 0 Å². The summed E-state index contributed by atoms with van der Waals surface area (Å²) in [5.74, 6) is 0.137. The smallest absolute Gasteiger partial charge is 0.343 e. The first-order valence-electron chi connectivity index (χ1n) is 8.72. The van der Waals surface area contributed by atoms with Gasteiger partial charge in [0, 0.05) is 12.5 Å². The van der Waals surface area contributed by atoms with E-state index >= 15 is 0 Å². The standard InChI is InChI=1S/C19H17N3O6S2/c1-3-16(24)20-18-21-22-19(30-18)29-10-13-8-14(23)15(9-27-13)28-17(25)11-5-4-6-12(7-11)26-2/h4-9H,3,10H2,1-2H3,(H,20,21,24). The number of rotatable bonds is 8. The summed E-state index contributed by atoms with van der Waals surface area (Å²) in [5, 5.41) is 10.9. The minimum Gasteiger partial charge on any atom is -0.497 e. The van der Waals surface area contributed by atoms with E-state index in [-0.39, 0.29) is 17.2 Å². The van der Waals surface area contributed by atoms with E-state index in [1.165, 1.54) is 42.3 Å². The summed E-state index contributed by atoms with van der Waals surface area (Å²) in [4.78, 5) is 35.8. The largest absolute Gasteiger partial charge is 0.497 e. The Hall–Kier alpha value is -3.18. The van der Waals surface area contributed by atoms with Gasteiger partial charge in [0.1, 0.15) is 17.8 Å². The number of thioether (sulfide) groups is 1. The normalized spacial score (nSPS) is 10.5. The van der Waals surface area contributed by atoms with Crippen LogP contribution in [-0.4, -0.2) is 29.2 Å². The molecule has 0 atom stereocenters. The number of hydrogen-bond donors (Lipinski definition) is 1. The van der Waals surface area contributed by atoms with Crippen LogP contribution in [0.25, 0.3) is 0 Å². The fraction of sp³-hybridized carbons (Fsp3) is 0.211. The number of methoxy groups -OCH3 is 1. The fourth-order valence-electron chi connectivity index (χ4n) is 2.16. The number of nitrogens with zero attached hydrogens (tertiary/aromatic N) is 2. The molecule has 3 aromatic rings. The van der Waals surface area contributed by atoms with Crippen LogP contribution in [0.5, 0.6) is 11.5 Å². The van der Waals surface area contributed by atoms with Crippen LogP contribution in [0, 0.1) is 0 Å². The summed E-state index contributed by atoms with van der Waals surface area (Å²) >= 11 is 2.52. The molecule has 30 heavy (non-hydrogen) atoms. The lowest BCUT2D eigenvalue weighted by Gasteiger charge is -2.05. The first-order chi connectivity index (χ1) is 14.5. The Bertz CT molecular complexity index is 1110. The second-order valence-electron chi connectivity index (χ2n) is 5.76. The lowest BCUT2D eigenvalue weighted by molar-refractivity contribution is -0.115. The van der Waals surface area contributed by atoms with Crippen LogP contribution in [0.3, 0.4) is 0 Å². The Balaban J connectivity index is 1.60. The van der Waals surface area contributed by atoms with E-state index in [0.29, 0.717) is 33.2 Å². The topological polar surface area (TPSA) is 121 Å². The summed E-state index contributed by atoms with van der Waals surface area (Å²) in [6, 6.07) is 7.65. The number of anilines is 1. The Morgan fingerprint density at radius 2 is 2.10 bits per heavy atom. The molecular formula is C19H17N3O6S2. The first kappa shape index (κ1) is 21.5. The van der Waals surface area contributed by atoms with E-state index in [4.69, 9.17) is 13.9 Å². The number of nitrogens with one attached hydrogen (secondary N) is 1. The summed E-state index contributed by atoms with van der Waals surface area (Å²) in [6.45, 7) is 1.74. The highest BCUT2D eigenvalue weighted by Gasteiger charge is 2.14. The van der Waals surface area contributed by atoms with E-state index in [2.05, 4.69) is 15.5 Å². The van der Waals surface area contributed by atoms with E-state index in [1.54, 1.807) is 25.1 Å². The van der Waals surface area contributed by atoms with E-state index in [1.807, 2.05) is 0 Å². The molecule has 0 unspecified atom stereocenters. The van der Waals surface area contributed by atoms with Gasteiger partial charge in [0.25, 0.3) is 0 Å². The van der Waals surface area contributed by atoms with Gasteiger partial charge in [0.2, 0.25) is 22.2 Å². The SMILES string of the molecule is CCC(=O)Nc1nnc(SCc2cc(=O)c(OC(=O)c3cccc(OC)c3)co2)s1. The van der Waals surface area contributed by atoms with Gasteiger partial charge in [0.05, 0.1) is 18.4 Å². The maximum Gasteiger partial charge on any atom is 0.343 e. The molecule has 11 heteroatoms. The lowest BCUT2D eigenvalue weighted by Crippen LogP contribution is -2.14. The van der Waals surface area contributed by atoms with Gasteiger partial charge in [-0.05, 0) is 18.2 Å². The third-order valence-electron chi connectivity index (χ3n) is 3.67. The third kappa shape index (κ3) is 5.67. The molecule has 9 nitrogen and oxygen atoms in total. The summed E-state index contributed by atoms with van der Waals surface area (Å²) in [7, 11) is 1.49. The van der Waals surface area contributed by atoms with Crippen molar-refractivity contribution >= 4 is 40.1 Å². The molecule has 1 N–H and O–H groups in total. The van der Waals surface area contributed by atoms with Crippen LogP contribution in [-0.2, 0) is 10.5 Å². The lowest BCUT2D eigenvalue weighted by atomic mass is 10.2. The van der Waals surface area contributed by atoms with Crippen LogP contribution in [0.1, 0.15) is 29.5 Å². The van der Waals surface area contributed by atoms with Gasteiger partial charge < -0.3 is 19.2 Å². The Morgan fingerprint density at radius 3 is 2.83 bits per heavy atom. The number of esters is 1. The molecule has 1 aromatic carbocycles. The third-order valence-corrected chi connectivity index (χ3v) is 5.67. The molecule has 156 valence electrons. The fourth-order valence-corrected chi connectivity index (χ4v) is 3.82. The number of carbonyl (C=O) groups is 2. The predicted octanol–water partition coefficient (Wildman–Crippen LogP) is 3.36. The monoisotopic (exact) mass is 447 g/mol. The average molecular weight is 447 g/mol. The average Bonchev–Trinajstić information content (AvgIpc) is 3.21. The van der Waals surface area contributed by atoms with Crippen molar-refractivity contribution in [3.05, 3.63) is 58.1 Å². The van der Waals surface area contributed by atoms with E-state index in [9.17, 15) is 14.4 Å². The van der Waals surface area contributed by atoms with Gasteiger partial charge in [-0.1, -0.05) is 36.1 Å². The molecule has 0 saturated carbocycles. The highest BCUT2D eigenvalue weighted by Crippen LogP contribution is 2.28. The van der Waals surface area contributed by atoms with E-state index < -0.39 is 11.4 Å². The highest BCUT2D eigenvalue weighted by molar-refractivity contribution is 8.00. The van der Waals surface area contributed by atoms with Gasteiger partial charge >= 0.3 is 5.97 Å². The van der Waals surface area contributed by atoms with Crippen molar-refractivity contribution in [2.75, 3.05) is 12.4 Å². The number of aromatic nitrogens is 2. The molecule has 1 amide bonds. The van der Waals surface area contributed by atoms with Crippen LogP contribution < -0.4 is 20.2 Å². The van der Waals surface area contributed by atoms with Crippen LogP contribution in [0.2, 0.25) is 0 Å². The zero-order chi connectivity index (χ0) is 21.5. The van der Waals surface area contributed by atoms with Crippen LogP contribution >= 0.6 is 23.1 Å². The molecule has 0 saturated heterocycles. The molecule has 2 heterocycles. The van der Waals surface area contributed by atoms with Gasteiger partial charge in [0.15, 0.2) is 4.34 Å². The number of carbonyl (C=O) groups excluding carboxylic acids is 2. The molecule has 0 aliphatic carbocycles. The maximum atomic E-state index is 12.3. The quantitative estimate of drug-likeness (QED) is 0.315. The van der Waals surface area contributed by atoms with E-state index in [0.717, 1.165) is 6.26 Å². The van der Waals surface area contributed by atoms with Crippen molar-refractivity contribution in [1.29, 1.82) is 0 Å². The zero-order valence-electron chi connectivity index (χ0n) is 16.0. The number of hydrogen-bond acceptors (Lipinski definition) is 10. The van der Waals surface area contributed by atoms with Gasteiger partial charge in [-0.3, -0.25) is 9.59 Å². The Labute approximate surface area is 179 Å². The molecule has 0 aliphatic heterocycles. The Morgan fingerprint density at radius 1 is 1.27 bits per heavy atom. The number of ether oxygens (including phenoxy) is 2. The number of benzene rings is 1. The van der Waals surface area contributed by atoms with Crippen molar-refractivity contribution in [3.63, 3.8) is 0 Å². The summed E-state index contributed by atoms with van der Waals surface area (Å²) < 4.78 is 16.2. The molecule has 0 aliphatic rings. The maximum absolute atomic E-state index is 12.3. The van der Waals surface area contributed by atoms with Gasteiger partial charge in [-0.25, -0.2) is 4.79 Å². The molecule has 0 spiro atoms. The number of amides is 1. The molecule has 0 bridgehead atoms. The predicted molar refractivity (Wildman–Crippen MR) is 111 cm³/mol. The zero-order valence-corrected chi connectivity index (χ0v) is 17.7. The van der Waals surface area contributed by atoms with Crippen molar-refractivity contribution in [2.45, 2.75) is 23.4 Å². The molecule has 0 radical (unpaired) electrons. The minimum atomic E-state index is -0.696. The molecule has 2 aromatic heterocycles. The van der Waals surface area contributed by atoms with Gasteiger partial charge in [-0.15, -0.1) is 10.2 Å². The minimum absolute atomic E-state index is 0.146. The summed E-state index contributed by atoms with van der Waals surface area (Å²) in [6.07, 6.45) is 1.45. The molecule has 0 fully saturated rings. The van der Waals surface area contributed by atoms with Crippen molar-refractivity contribution in [1.82, 2.24) is 10.2 Å². The second-order valence-corrected chi connectivity index (χ2v) is 7.96. The van der Waals surface area contributed by atoms with Crippen molar-refractivity contribution in [3.8, 4) is 11.5 Å². The summed E-state index contributed by atoms with van der Waals surface area (Å²) in [5.41, 5.74) is -0.239. The second kappa shape index (κ2) is 10.0. The van der Waals surface area contributed by atoms with Crippen molar-refractivity contribution < 1.29 is 23.5 Å². The first-order valence-corrected chi connectivity index (χ1v) is 10.5. The van der Waals surface area contributed by atoms with Crippen molar-refractivity contribution in [2.24, 2.45) is 0 Å². The highest BCUT2D eigenvalue weighted by atomic mass is 32.2. The van der Waals surface area contributed by atoms with Crippen LogP contribution in [0.4, 0.5) is 5.13 Å². The molecule has 3 rings (SSSR count). The van der Waals surface area contributed by atoms with Crippen LogP contribution in [0.15, 0.2) is 50.1 Å². The Kier molecular flexibility index (Phi) is 7.20.